The Morgan fingerprint density at radius 3 is 0.488 bits per heavy atom. The number of rotatable bonds is 38. The normalized spacial score (nSPS) is 12.4. The van der Waals surface area contributed by atoms with E-state index in [-0.39, 0.29) is 0 Å². The molecule has 0 atom stereocenters. The third-order valence-corrected chi connectivity index (χ3v) is 16.4. The van der Waals surface area contributed by atoms with E-state index in [9.17, 15) is 0 Å². The van der Waals surface area contributed by atoms with E-state index in [4.69, 9.17) is 0 Å². The Bertz CT molecular complexity index is 430. The van der Waals surface area contributed by atoms with Crippen LogP contribution in [0.1, 0.15) is 246 Å². The topological polar surface area (TPSA) is 0 Å². The first kappa shape index (κ1) is 43.4. The predicted octanol–water partition coefficient (Wildman–Crippen LogP) is 16.1. The summed E-state index contributed by atoms with van der Waals surface area (Å²) in [5.41, 5.74) is 0. The Balaban J connectivity index is 4.81. The Labute approximate surface area is 277 Å². The van der Waals surface area contributed by atoms with Gasteiger partial charge in [0, 0.05) is 0 Å². The summed E-state index contributed by atoms with van der Waals surface area (Å²) in [6, 6.07) is 0. The molecule has 0 saturated carbocycles. The van der Waals surface area contributed by atoms with Crippen molar-refractivity contribution in [3.05, 3.63) is 0 Å². The van der Waals surface area contributed by atoms with Gasteiger partial charge in [-0.15, -0.1) is 0 Å². The van der Waals surface area contributed by atoms with Gasteiger partial charge in [-0.1, -0.05) is 0 Å². The Hall–Kier alpha value is 0.430. The van der Waals surface area contributed by atoms with E-state index in [0.29, 0.717) is 0 Å². The first-order valence-corrected chi connectivity index (χ1v) is 24.1. The zero-order chi connectivity index (χ0) is 31.4. The molecular formula is C42H89P. The molecule has 0 aromatic carbocycles. The molecule has 0 aromatic rings. The summed E-state index contributed by atoms with van der Waals surface area (Å²) in [5, 5.41) is 0. The van der Waals surface area contributed by atoms with Crippen LogP contribution in [0.4, 0.5) is 0 Å². The molecule has 0 aromatic heterocycles. The summed E-state index contributed by atoms with van der Waals surface area (Å²) in [4.78, 5) is 0. The monoisotopic (exact) mass is 625 g/mol. The molecule has 0 heterocycles. The van der Waals surface area contributed by atoms with Crippen molar-refractivity contribution < 1.29 is 0 Å². The molecule has 0 aliphatic carbocycles. The van der Waals surface area contributed by atoms with Gasteiger partial charge in [-0.2, -0.15) is 0 Å². The molecule has 0 radical (unpaired) electrons. The molecule has 262 valence electrons. The van der Waals surface area contributed by atoms with E-state index in [1.54, 1.807) is 50.3 Å². The van der Waals surface area contributed by atoms with Crippen molar-refractivity contribution in [3.63, 3.8) is 0 Å². The molecule has 0 N–H and O–H groups in total. The Morgan fingerprint density at radius 2 is 0.326 bits per heavy atom. The Morgan fingerprint density at radius 1 is 0.186 bits per heavy atom. The van der Waals surface area contributed by atoms with Crippen molar-refractivity contribution in [1.82, 2.24) is 0 Å². The maximum absolute atomic E-state index is 2.35. The van der Waals surface area contributed by atoms with Gasteiger partial charge in [0.15, 0.2) is 0 Å². The second kappa shape index (κ2) is 36.9. The second-order valence-corrected chi connectivity index (χ2v) is 20.1. The number of unbranched alkanes of at least 4 members (excludes halogenated alkanes) is 30. The summed E-state index contributed by atoms with van der Waals surface area (Å²) in [6.07, 6.45) is 57.5. The van der Waals surface area contributed by atoms with Crippen LogP contribution >= 0.6 is 7.26 Å². The van der Waals surface area contributed by atoms with Gasteiger partial charge >= 0.3 is 278 Å². The quantitative estimate of drug-likeness (QED) is 0.0473. The van der Waals surface area contributed by atoms with Crippen LogP contribution in [0.25, 0.3) is 0 Å². The summed E-state index contributed by atoms with van der Waals surface area (Å²) in [5.74, 6) is 0. The predicted molar refractivity (Wildman–Crippen MR) is 207 cm³/mol. The van der Waals surface area contributed by atoms with E-state index >= 15 is 0 Å². The van der Waals surface area contributed by atoms with E-state index in [1.807, 2.05) is 0 Å². The molecule has 0 aliphatic heterocycles. The summed E-state index contributed by atoms with van der Waals surface area (Å²) in [7, 11) is -1.13. The minimum absolute atomic E-state index is 1.13. The zero-order valence-electron chi connectivity index (χ0n) is 31.4. The standard InChI is InChI=1S/C42H89P/c1-5-9-13-17-21-24-28-32-36-40-43(39-35-31-27-20-16-12-8-4,41-37-33-29-25-22-18-14-10-6-2)42-38-34-30-26-23-19-15-11-7-3/h43H,5-42H2,1-4H3. The summed E-state index contributed by atoms with van der Waals surface area (Å²) < 4.78 is 0. The average molecular weight is 625 g/mol. The van der Waals surface area contributed by atoms with Gasteiger partial charge < -0.3 is 0 Å². The fourth-order valence-electron chi connectivity index (χ4n) is 7.64. The SMILES string of the molecule is CCCCCCCCCCC[PH](CCCCCCCCC)(CCCCCCCCCCC)CCCCCCCCCCC. The zero-order valence-corrected chi connectivity index (χ0v) is 32.4. The van der Waals surface area contributed by atoms with Crippen LogP contribution in [-0.4, -0.2) is 24.6 Å². The molecule has 0 nitrogen and oxygen atoms in total. The average Bonchev–Trinajstić information content (AvgIpc) is 3.02. The van der Waals surface area contributed by atoms with Crippen LogP contribution in [0.3, 0.4) is 0 Å². The van der Waals surface area contributed by atoms with Crippen LogP contribution in [0.2, 0.25) is 0 Å². The third kappa shape index (κ3) is 32.2. The molecular weight excluding hydrogens is 535 g/mol. The number of hydrogen-bond donors (Lipinski definition) is 0. The summed E-state index contributed by atoms with van der Waals surface area (Å²) in [6.45, 7) is 9.37. The van der Waals surface area contributed by atoms with Gasteiger partial charge in [-0.25, -0.2) is 0 Å². The molecule has 1 heteroatoms. The third-order valence-electron chi connectivity index (χ3n) is 10.7. The van der Waals surface area contributed by atoms with Crippen molar-refractivity contribution in [2.24, 2.45) is 0 Å². The molecule has 43 heavy (non-hydrogen) atoms. The second-order valence-electron chi connectivity index (χ2n) is 15.1. The van der Waals surface area contributed by atoms with Crippen molar-refractivity contribution in [2.75, 3.05) is 24.6 Å². The summed E-state index contributed by atoms with van der Waals surface area (Å²) >= 11 is 0. The molecule has 0 spiro atoms. The Kier molecular flexibility index (Phi) is 37.3. The van der Waals surface area contributed by atoms with Crippen LogP contribution < -0.4 is 0 Å². The van der Waals surface area contributed by atoms with E-state index < -0.39 is 7.26 Å². The molecule has 0 fully saturated rings. The van der Waals surface area contributed by atoms with Crippen LogP contribution in [-0.2, 0) is 0 Å². The van der Waals surface area contributed by atoms with Gasteiger partial charge in [0.2, 0.25) is 0 Å². The van der Waals surface area contributed by atoms with Crippen molar-refractivity contribution >= 4 is 7.26 Å². The first-order valence-electron chi connectivity index (χ1n) is 21.2. The van der Waals surface area contributed by atoms with Crippen LogP contribution in [0.5, 0.6) is 0 Å². The molecule has 0 bridgehead atoms. The van der Waals surface area contributed by atoms with E-state index in [0.717, 1.165) is 0 Å². The van der Waals surface area contributed by atoms with Crippen LogP contribution in [0.15, 0.2) is 0 Å². The van der Waals surface area contributed by atoms with Crippen LogP contribution in [0, 0.1) is 0 Å². The molecule has 0 rings (SSSR count). The van der Waals surface area contributed by atoms with E-state index in [2.05, 4.69) is 27.7 Å². The van der Waals surface area contributed by atoms with Gasteiger partial charge in [0.25, 0.3) is 0 Å². The van der Waals surface area contributed by atoms with Gasteiger partial charge in [0.1, 0.15) is 0 Å². The fraction of sp³-hybridized carbons (Fsp3) is 1.00. The van der Waals surface area contributed by atoms with Gasteiger partial charge in [-0.05, 0) is 0 Å². The molecule has 0 aliphatic rings. The first-order chi connectivity index (χ1) is 21.2. The van der Waals surface area contributed by atoms with Gasteiger partial charge in [-0.3, -0.25) is 0 Å². The molecule has 0 amide bonds. The maximum atomic E-state index is 2.35. The minimum atomic E-state index is -1.13. The molecule has 0 saturated heterocycles. The molecule has 0 unspecified atom stereocenters. The van der Waals surface area contributed by atoms with Crippen molar-refractivity contribution in [1.29, 1.82) is 0 Å². The van der Waals surface area contributed by atoms with Crippen molar-refractivity contribution in [3.8, 4) is 0 Å². The van der Waals surface area contributed by atoms with E-state index in [1.165, 1.54) is 193 Å². The van der Waals surface area contributed by atoms with Gasteiger partial charge in [0.05, 0.1) is 0 Å². The fourth-order valence-corrected chi connectivity index (χ4v) is 13.1. The van der Waals surface area contributed by atoms with Crippen molar-refractivity contribution in [2.45, 2.75) is 246 Å². The number of hydrogen-bond acceptors (Lipinski definition) is 0.